The fourth-order valence-electron chi connectivity index (χ4n) is 3.23. The standard InChI is InChI=1S/C19H18ClN3O2/c1-2-23-16-6-4-3-5-15(16)21-19(23)22-18(24)13-9-12-10-14(20)7-8-17(12)25-11-13/h3-8,10,13H,2,9,11H2,1H3,(H,21,22,24)/t13-/m1/s1. The van der Waals surface area contributed by atoms with E-state index < -0.39 is 0 Å². The van der Waals surface area contributed by atoms with Crippen LogP contribution in [0.2, 0.25) is 5.02 Å². The van der Waals surface area contributed by atoms with Gasteiger partial charge in [-0.05, 0) is 49.2 Å². The molecule has 0 unspecified atom stereocenters. The van der Waals surface area contributed by atoms with Crippen molar-refractivity contribution in [1.82, 2.24) is 9.55 Å². The van der Waals surface area contributed by atoms with Crippen LogP contribution in [0.1, 0.15) is 12.5 Å². The van der Waals surface area contributed by atoms with Crippen molar-refractivity contribution in [2.45, 2.75) is 19.9 Å². The number of nitrogens with one attached hydrogen (secondary N) is 1. The number of carbonyl (C=O) groups is 1. The molecular weight excluding hydrogens is 338 g/mol. The summed E-state index contributed by atoms with van der Waals surface area (Å²) in [4.78, 5) is 17.3. The van der Waals surface area contributed by atoms with Gasteiger partial charge in [0.25, 0.3) is 0 Å². The number of rotatable bonds is 3. The Balaban J connectivity index is 1.57. The van der Waals surface area contributed by atoms with Gasteiger partial charge in [-0.25, -0.2) is 4.98 Å². The minimum Gasteiger partial charge on any atom is -0.492 e. The maximum atomic E-state index is 12.7. The van der Waals surface area contributed by atoms with Crippen molar-refractivity contribution in [3.8, 4) is 5.75 Å². The Morgan fingerprint density at radius 1 is 1.36 bits per heavy atom. The maximum absolute atomic E-state index is 12.7. The van der Waals surface area contributed by atoms with E-state index in [-0.39, 0.29) is 11.8 Å². The molecule has 1 N–H and O–H groups in total. The van der Waals surface area contributed by atoms with E-state index in [0.717, 1.165) is 28.9 Å². The maximum Gasteiger partial charge on any atom is 0.233 e. The molecule has 0 saturated carbocycles. The van der Waals surface area contributed by atoms with Gasteiger partial charge in [0.2, 0.25) is 11.9 Å². The smallest absolute Gasteiger partial charge is 0.233 e. The summed E-state index contributed by atoms with van der Waals surface area (Å²) in [5, 5.41) is 3.62. The normalized spacial score (nSPS) is 16.3. The fourth-order valence-corrected chi connectivity index (χ4v) is 3.43. The van der Waals surface area contributed by atoms with Gasteiger partial charge in [0.1, 0.15) is 12.4 Å². The van der Waals surface area contributed by atoms with Crippen LogP contribution in [0.3, 0.4) is 0 Å². The summed E-state index contributed by atoms with van der Waals surface area (Å²) in [6.07, 6.45) is 0.605. The highest BCUT2D eigenvalue weighted by Crippen LogP contribution is 2.30. The summed E-state index contributed by atoms with van der Waals surface area (Å²) in [7, 11) is 0. The number of hydrogen-bond acceptors (Lipinski definition) is 3. The number of anilines is 1. The molecule has 0 radical (unpaired) electrons. The zero-order valence-electron chi connectivity index (χ0n) is 13.8. The lowest BCUT2D eigenvalue weighted by Crippen LogP contribution is -2.33. The Kier molecular flexibility index (Phi) is 4.09. The first-order valence-corrected chi connectivity index (χ1v) is 8.71. The first kappa shape index (κ1) is 16.0. The van der Waals surface area contributed by atoms with Gasteiger partial charge in [-0.15, -0.1) is 0 Å². The van der Waals surface area contributed by atoms with Gasteiger partial charge in [-0.2, -0.15) is 0 Å². The Hall–Kier alpha value is -2.53. The third-order valence-corrected chi connectivity index (χ3v) is 4.74. The predicted molar refractivity (Wildman–Crippen MR) is 98.2 cm³/mol. The van der Waals surface area contributed by atoms with Gasteiger partial charge >= 0.3 is 0 Å². The fraction of sp³-hybridized carbons (Fsp3) is 0.263. The number of halogens is 1. The van der Waals surface area contributed by atoms with Crippen LogP contribution in [-0.2, 0) is 17.8 Å². The Labute approximate surface area is 150 Å². The molecule has 0 fully saturated rings. The van der Waals surface area contributed by atoms with Gasteiger partial charge in [0.05, 0.1) is 17.0 Å². The molecule has 1 aromatic heterocycles. The molecule has 0 spiro atoms. The quantitative estimate of drug-likeness (QED) is 0.775. The second kappa shape index (κ2) is 6.41. The molecule has 1 atom stereocenters. The third kappa shape index (κ3) is 2.96. The lowest BCUT2D eigenvalue weighted by Gasteiger charge is -2.24. The molecule has 0 bridgehead atoms. The van der Waals surface area contributed by atoms with Crippen molar-refractivity contribution >= 4 is 34.5 Å². The van der Waals surface area contributed by atoms with E-state index in [9.17, 15) is 4.79 Å². The van der Waals surface area contributed by atoms with Crippen molar-refractivity contribution < 1.29 is 9.53 Å². The summed E-state index contributed by atoms with van der Waals surface area (Å²) >= 11 is 6.05. The van der Waals surface area contributed by atoms with Crippen molar-refractivity contribution in [3.63, 3.8) is 0 Å². The summed E-state index contributed by atoms with van der Waals surface area (Å²) < 4.78 is 7.72. The second-order valence-electron chi connectivity index (χ2n) is 6.12. The van der Waals surface area contributed by atoms with Crippen LogP contribution < -0.4 is 10.1 Å². The molecular formula is C19H18ClN3O2. The van der Waals surface area contributed by atoms with Crippen LogP contribution in [0.15, 0.2) is 42.5 Å². The molecule has 1 aliphatic heterocycles. The number of fused-ring (bicyclic) bond motifs is 2. The van der Waals surface area contributed by atoms with Crippen molar-refractivity contribution in [1.29, 1.82) is 0 Å². The Morgan fingerprint density at radius 2 is 2.20 bits per heavy atom. The molecule has 5 nitrogen and oxygen atoms in total. The number of aryl methyl sites for hydroxylation is 1. The molecule has 25 heavy (non-hydrogen) atoms. The number of ether oxygens (including phenoxy) is 1. The van der Waals surface area contributed by atoms with Gasteiger partial charge in [-0.3, -0.25) is 10.1 Å². The average molecular weight is 356 g/mol. The monoisotopic (exact) mass is 355 g/mol. The van der Waals surface area contributed by atoms with Crippen molar-refractivity contribution in [2.75, 3.05) is 11.9 Å². The van der Waals surface area contributed by atoms with Gasteiger partial charge in [-0.1, -0.05) is 23.7 Å². The zero-order chi connectivity index (χ0) is 17.4. The molecule has 0 saturated heterocycles. The summed E-state index contributed by atoms with van der Waals surface area (Å²) in [5.74, 6) is 1.02. The van der Waals surface area contributed by atoms with E-state index in [2.05, 4.69) is 10.3 Å². The third-order valence-electron chi connectivity index (χ3n) is 4.51. The van der Waals surface area contributed by atoms with Gasteiger partial charge < -0.3 is 9.30 Å². The molecule has 128 valence electrons. The minimum absolute atomic E-state index is 0.0874. The lowest BCUT2D eigenvalue weighted by atomic mass is 9.96. The first-order valence-electron chi connectivity index (χ1n) is 8.33. The number of amides is 1. The molecule has 0 aliphatic carbocycles. The number of carbonyl (C=O) groups excluding carboxylic acids is 1. The highest BCUT2D eigenvalue weighted by atomic mass is 35.5. The molecule has 3 aromatic rings. The van der Waals surface area contributed by atoms with E-state index in [1.54, 1.807) is 6.07 Å². The van der Waals surface area contributed by atoms with E-state index >= 15 is 0 Å². The largest absolute Gasteiger partial charge is 0.492 e. The molecule has 2 aromatic carbocycles. The van der Waals surface area contributed by atoms with E-state index in [0.29, 0.717) is 24.0 Å². The molecule has 6 heteroatoms. The lowest BCUT2D eigenvalue weighted by molar-refractivity contribution is -0.121. The van der Waals surface area contributed by atoms with E-state index in [4.69, 9.17) is 16.3 Å². The predicted octanol–water partition coefficient (Wildman–Crippen LogP) is 3.90. The van der Waals surface area contributed by atoms with Crippen molar-refractivity contribution in [2.24, 2.45) is 5.92 Å². The van der Waals surface area contributed by atoms with Crippen LogP contribution in [0.5, 0.6) is 5.75 Å². The number of hydrogen-bond donors (Lipinski definition) is 1. The van der Waals surface area contributed by atoms with E-state index in [1.165, 1.54) is 0 Å². The number of imidazole rings is 1. The second-order valence-corrected chi connectivity index (χ2v) is 6.56. The minimum atomic E-state index is -0.268. The number of nitrogens with zero attached hydrogens (tertiary/aromatic N) is 2. The van der Waals surface area contributed by atoms with Crippen molar-refractivity contribution in [3.05, 3.63) is 53.1 Å². The highest BCUT2D eigenvalue weighted by molar-refractivity contribution is 6.30. The average Bonchev–Trinajstić information content (AvgIpc) is 2.97. The van der Waals surface area contributed by atoms with Crippen LogP contribution in [-0.4, -0.2) is 22.1 Å². The van der Waals surface area contributed by atoms with Crippen LogP contribution in [0.4, 0.5) is 5.95 Å². The van der Waals surface area contributed by atoms with Crippen LogP contribution in [0, 0.1) is 5.92 Å². The molecule has 1 aliphatic rings. The summed E-state index contributed by atoms with van der Waals surface area (Å²) in [6.45, 7) is 3.12. The highest BCUT2D eigenvalue weighted by Gasteiger charge is 2.27. The Morgan fingerprint density at radius 3 is 3.04 bits per heavy atom. The van der Waals surface area contributed by atoms with E-state index in [1.807, 2.05) is 47.9 Å². The number of aromatic nitrogens is 2. The molecule has 4 rings (SSSR count). The number of para-hydroxylation sites is 2. The first-order chi connectivity index (χ1) is 12.2. The van der Waals surface area contributed by atoms with Gasteiger partial charge in [0.15, 0.2) is 0 Å². The van der Waals surface area contributed by atoms with Gasteiger partial charge in [0, 0.05) is 11.6 Å². The number of benzene rings is 2. The summed E-state index contributed by atoms with van der Waals surface area (Å²) in [5.41, 5.74) is 2.84. The zero-order valence-corrected chi connectivity index (χ0v) is 14.6. The van der Waals surface area contributed by atoms with Crippen LogP contribution >= 0.6 is 11.6 Å². The molecule has 1 amide bonds. The molecule has 2 heterocycles. The van der Waals surface area contributed by atoms with Crippen LogP contribution in [0.25, 0.3) is 11.0 Å². The Bertz CT molecular complexity index is 951. The topological polar surface area (TPSA) is 56.2 Å². The SMILES string of the molecule is CCn1c(NC(=O)[C@H]2COc3ccc(Cl)cc3C2)nc2ccccc21. The summed E-state index contributed by atoms with van der Waals surface area (Å²) in [6, 6.07) is 13.4.